The Labute approximate surface area is 136 Å². The summed E-state index contributed by atoms with van der Waals surface area (Å²) in [6.45, 7) is 1.79. The highest BCUT2D eigenvalue weighted by atomic mass is 16.2. The van der Waals surface area contributed by atoms with Crippen LogP contribution in [0.15, 0.2) is 30.3 Å². The van der Waals surface area contributed by atoms with Gasteiger partial charge < -0.3 is 21.3 Å². The zero-order valence-electron chi connectivity index (χ0n) is 13.5. The van der Waals surface area contributed by atoms with Crippen molar-refractivity contribution in [1.29, 1.82) is 0 Å². The highest BCUT2D eigenvalue weighted by Crippen LogP contribution is 2.02. The summed E-state index contributed by atoms with van der Waals surface area (Å²) >= 11 is 0. The Kier molecular flexibility index (Phi) is 8.38. The van der Waals surface area contributed by atoms with Crippen LogP contribution in [-0.2, 0) is 20.8 Å². The molecule has 126 valence electrons. The van der Waals surface area contributed by atoms with Crippen LogP contribution in [0.5, 0.6) is 0 Å². The predicted molar refractivity (Wildman–Crippen MR) is 87.7 cm³/mol. The van der Waals surface area contributed by atoms with Crippen LogP contribution >= 0.6 is 0 Å². The topological polar surface area (TPSA) is 99.3 Å². The van der Waals surface area contributed by atoms with E-state index >= 15 is 0 Å². The van der Waals surface area contributed by atoms with Gasteiger partial charge >= 0.3 is 0 Å². The SMILES string of the molecule is CNCC(=O)NCC(=O)NCC(=O)NC(C)Cc1ccccc1. The zero-order valence-corrected chi connectivity index (χ0v) is 13.5. The molecule has 1 unspecified atom stereocenters. The first kappa shape index (κ1) is 18.6. The fourth-order valence-corrected chi connectivity index (χ4v) is 1.99. The number of rotatable bonds is 9. The van der Waals surface area contributed by atoms with Crippen LogP contribution in [0.4, 0.5) is 0 Å². The van der Waals surface area contributed by atoms with Crippen molar-refractivity contribution < 1.29 is 14.4 Å². The molecule has 7 heteroatoms. The first-order valence-corrected chi connectivity index (χ1v) is 7.52. The van der Waals surface area contributed by atoms with Gasteiger partial charge in [-0.25, -0.2) is 0 Å². The van der Waals surface area contributed by atoms with Gasteiger partial charge in [0.1, 0.15) is 0 Å². The van der Waals surface area contributed by atoms with E-state index in [4.69, 9.17) is 0 Å². The third-order valence-corrected chi connectivity index (χ3v) is 3.02. The molecular weight excluding hydrogens is 296 g/mol. The molecule has 1 aromatic rings. The lowest BCUT2D eigenvalue weighted by molar-refractivity contribution is -0.127. The van der Waals surface area contributed by atoms with Crippen LogP contribution in [0, 0.1) is 0 Å². The average molecular weight is 320 g/mol. The summed E-state index contributed by atoms with van der Waals surface area (Å²) in [6, 6.07) is 9.81. The molecule has 1 atom stereocenters. The maximum atomic E-state index is 11.8. The van der Waals surface area contributed by atoms with E-state index < -0.39 is 5.91 Å². The van der Waals surface area contributed by atoms with Gasteiger partial charge in [-0.1, -0.05) is 30.3 Å². The van der Waals surface area contributed by atoms with E-state index in [2.05, 4.69) is 21.3 Å². The molecule has 0 aromatic heterocycles. The van der Waals surface area contributed by atoms with Gasteiger partial charge in [0.05, 0.1) is 19.6 Å². The summed E-state index contributed by atoms with van der Waals surface area (Å²) < 4.78 is 0. The maximum absolute atomic E-state index is 11.8. The molecule has 1 aromatic carbocycles. The van der Waals surface area contributed by atoms with E-state index in [1.54, 1.807) is 7.05 Å². The normalized spacial score (nSPS) is 11.4. The van der Waals surface area contributed by atoms with Gasteiger partial charge in [0.2, 0.25) is 17.7 Å². The Balaban J connectivity index is 2.20. The lowest BCUT2D eigenvalue weighted by Gasteiger charge is -2.14. The summed E-state index contributed by atoms with van der Waals surface area (Å²) in [7, 11) is 1.64. The molecule has 7 nitrogen and oxygen atoms in total. The molecular formula is C16H24N4O3. The van der Waals surface area contributed by atoms with Crippen molar-refractivity contribution in [2.75, 3.05) is 26.7 Å². The minimum Gasteiger partial charge on any atom is -0.352 e. The van der Waals surface area contributed by atoms with Gasteiger partial charge in [0.15, 0.2) is 0 Å². The van der Waals surface area contributed by atoms with Crippen molar-refractivity contribution in [3.63, 3.8) is 0 Å². The molecule has 0 radical (unpaired) electrons. The Morgan fingerprint density at radius 1 is 0.913 bits per heavy atom. The van der Waals surface area contributed by atoms with Crippen molar-refractivity contribution >= 4 is 17.7 Å². The Morgan fingerprint density at radius 2 is 1.48 bits per heavy atom. The number of hydrogen-bond acceptors (Lipinski definition) is 4. The molecule has 0 aliphatic rings. The van der Waals surface area contributed by atoms with E-state index in [0.717, 1.165) is 12.0 Å². The summed E-state index contributed by atoms with van der Waals surface area (Å²) in [4.78, 5) is 34.4. The maximum Gasteiger partial charge on any atom is 0.239 e. The van der Waals surface area contributed by atoms with Crippen molar-refractivity contribution in [2.45, 2.75) is 19.4 Å². The van der Waals surface area contributed by atoms with E-state index in [1.165, 1.54) is 0 Å². The van der Waals surface area contributed by atoms with Crippen molar-refractivity contribution in [3.8, 4) is 0 Å². The highest BCUT2D eigenvalue weighted by Gasteiger charge is 2.10. The number of carbonyl (C=O) groups is 3. The van der Waals surface area contributed by atoms with Crippen LogP contribution in [0.2, 0.25) is 0 Å². The second kappa shape index (κ2) is 10.3. The number of nitrogens with one attached hydrogen (secondary N) is 4. The van der Waals surface area contributed by atoms with E-state index in [9.17, 15) is 14.4 Å². The quantitative estimate of drug-likeness (QED) is 0.478. The summed E-state index contributed by atoms with van der Waals surface area (Å²) in [6.07, 6.45) is 0.723. The summed E-state index contributed by atoms with van der Waals surface area (Å²) in [5.74, 6) is -0.938. The van der Waals surface area contributed by atoms with Gasteiger partial charge in [0, 0.05) is 6.04 Å². The Morgan fingerprint density at radius 3 is 2.09 bits per heavy atom. The van der Waals surface area contributed by atoms with Crippen molar-refractivity contribution in [2.24, 2.45) is 0 Å². The van der Waals surface area contributed by atoms with Crippen LogP contribution in [0.1, 0.15) is 12.5 Å². The van der Waals surface area contributed by atoms with Gasteiger partial charge in [-0.05, 0) is 26.0 Å². The largest absolute Gasteiger partial charge is 0.352 e. The molecule has 0 saturated carbocycles. The molecule has 4 N–H and O–H groups in total. The van der Waals surface area contributed by atoms with Crippen LogP contribution < -0.4 is 21.3 Å². The fraction of sp³-hybridized carbons (Fsp3) is 0.438. The first-order chi connectivity index (χ1) is 11.0. The van der Waals surface area contributed by atoms with Gasteiger partial charge in [0.25, 0.3) is 0 Å². The smallest absolute Gasteiger partial charge is 0.239 e. The number of likely N-dealkylation sites (N-methyl/N-ethyl adjacent to an activating group) is 1. The van der Waals surface area contributed by atoms with Gasteiger partial charge in [-0.2, -0.15) is 0 Å². The third kappa shape index (κ3) is 8.57. The molecule has 3 amide bonds. The van der Waals surface area contributed by atoms with Gasteiger partial charge in [-0.15, -0.1) is 0 Å². The predicted octanol–water partition coefficient (Wildman–Crippen LogP) is -0.814. The van der Waals surface area contributed by atoms with Crippen molar-refractivity contribution in [1.82, 2.24) is 21.3 Å². The van der Waals surface area contributed by atoms with E-state index in [0.29, 0.717) is 0 Å². The molecule has 0 fully saturated rings. The van der Waals surface area contributed by atoms with Crippen molar-refractivity contribution in [3.05, 3.63) is 35.9 Å². The average Bonchev–Trinajstić information content (AvgIpc) is 2.52. The summed E-state index contributed by atoms with van der Waals surface area (Å²) in [5, 5.41) is 10.4. The molecule has 0 spiro atoms. The minimum absolute atomic E-state index is 0.0304. The van der Waals surface area contributed by atoms with E-state index in [-0.39, 0.29) is 37.5 Å². The highest BCUT2D eigenvalue weighted by molar-refractivity contribution is 5.88. The molecule has 0 bridgehead atoms. The van der Waals surface area contributed by atoms with Gasteiger partial charge in [-0.3, -0.25) is 14.4 Å². The molecule has 0 heterocycles. The number of hydrogen-bond donors (Lipinski definition) is 4. The number of benzene rings is 1. The number of amides is 3. The zero-order chi connectivity index (χ0) is 17.1. The number of carbonyl (C=O) groups excluding carboxylic acids is 3. The lowest BCUT2D eigenvalue weighted by atomic mass is 10.1. The standard InChI is InChI=1S/C16H24N4O3/c1-12(8-13-6-4-3-5-7-13)20-16(23)11-19-15(22)10-18-14(21)9-17-2/h3-7,12,17H,8-11H2,1-2H3,(H,18,21)(H,19,22)(H,20,23). The minimum atomic E-state index is -0.402. The Bertz CT molecular complexity index is 519. The monoisotopic (exact) mass is 320 g/mol. The van der Waals surface area contributed by atoms with Crippen LogP contribution in [0.3, 0.4) is 0 Å². The fourth-order valence-electron chi connectivity index (χ4n) is 1.99. The second-order valence-electron chi connectivity index (χ2n) is 5.24. The van der Waals surface area contributed by atoms with Crippen LogP contribution in [0.25, 0.3) is 0 Å². The molecule has 0 saturated heterocycles. The lowest BCUT2D eigenvalue weighted by Crippen LogP contribution is -2.45. The summed E-state index contributed by atoms with van der Waals surface area (Å²) in [5.41, 5.74) is 1.14. The van der Waals surface area contributed by atoms with E-state index in [1.807, 2.05) is 37.3 Å². The van der Waals surface area contributed by atoms with Crippen LogP contribution in [-0.4, -0.2) is 50.4 Å². The molecule has 23 heavy (non-hydrogen) atoms. The molecule has 1 rings (SSSR count). The first-order valence-electron chi connectivity index (χ1n) is 7.52. The third-order valence-electron chi connectivity index (χ3n) is 3.02. The Hall–Kier alpha value is -2.41. The second-order valence-corrected chi connectivity index (χ2v) is 5.24. The molecule has 0 aliphatic heterocycles. The molecule has 0 aliphatic carbocycles.